The highest BCUT2D eigenvalue weighted by Gasteiger charge is 2.34. The molecular weight excluding hydrogens is 282 g/mol. The van der Waals surface area contributed by atoms with Gasteiger partial charge in [0.1, 0.15) is 0 Å². The summed E-state index contributed by atoms with van der Waals surface area (Å²) in [5.74, 6) is -1.51. The van der Waals surface area contributed by atoms with Crippen molar-refractivity contribution < 1.29 is 14.7 Å². The molecule has 0 saturated heterocycles. The third-order valence-electron chi connectivity index (χ3n) is 3.38. The molecule has 6 heteroatoms. The summed E-state index contributed by atoms with van der Waals surface area (Å²) in [6.45, 7) is 1.29. The standard InChI is InChI=1S/C16H13N3O3/c1-16(15(21)22,18-19-17)13-9-5-8-12(10-13)14(20)11-6-3-2-4-7-11/h2-10H,1H3,(H,21,22). The van der Waals surface area contributed by atoms with Gasteiger partial charge in [-0.3, -0.25) is 9.59 Å². The molecule has 0 fully saturated rings. The summed E-state index contributed by atoms with van der Waals surface area (Å²) in [7, 11) is 0. The Labute approximate surface area is 126 Å². The molecule has 0 saturated carbocycles. The van der Waals surface area contributed by atoms with Crippen LogP contribution in [0.4, 0.5) is 0 Å². The molecular formula is C16H13N3O3. The molecule has 110 valence electrons. The smallest absolute Gasteiger partial charge is 0.319 e. The second kappa shape index (κ2) is 6.11. The highest BCUT2D eigenvalue weighted by molar-refractivity contribution is 6.09. The zero-order valence-corrected chi connectivity index (χ0v) is 11.8. The van der Waals surface area contributed by atoms with Crippen LogP contribution in [0, 0.1) is 0 Å². The SMILES string of the molecule is CC(N=[N+]=[N-])(C(=O)O)c1cccc(C(=O)c2ccccc2)c1. The number of azide groups is 1. The van der Waals surface area contributed by atoms with E-state index < -0.39 is 11.5 Å². The van der Waals surface area contributed by atoms with Crippen LogP contribution in [0.15, 0.2) is 59.7 Å². The highest BCUT2D eigenvalue weighted by Crippen LogP contribution is 2.27. The predicted molar refractivity (Wildman–Crippen MR) is 80.5 cm³/mol. The average molecular weight is 295 g/mol. The first-order chi connectivity index (χ1) is 10.5. The Morgan fingerprint density at radius 3 is 2.32 bits per heavy atom. The van der Waals surface area contributed by atoms with Crippen molar-refractivity contribution in [3.63, 3.8) is 0 Å². The molecule has 2 rings (SSSR count). The Bertz CT molecular complexity index is 763. The van der Waals surface area contributed by atoms with E-state index in [1.807, 2.05) is 0 Å². The highest BCUT2D eigenvalue weighted by atomic mass is 16.4. The average Bonchev–Trinajstić information content (AvgIpc) is 2.55. The van der Waals surface area contributed by atoms with E-state index in [-0.39, 0.29) is 11.3 Å². The molecule has 22 heavy (non-hydrogen) atoms. The van der Waals surface area contributed by atoms with Gasteiger partial charge in [0, 0.05) is 16.0 Å². The van der Waals surface area contributed by atoms with Crippen LogP contribution >= 0.6 is 0 Å². The largest absolute Gasteiger partial charge is 0.480 e. The first-order valence-electron chi connectivity index (χ1n) is 6.49. The molecule has 0 spiro atoms. The quantitative estimate of drug-likeness (QED) is 0.395. The van der Waals surface area contributed by atoms with Crippen LogP contribution in [0.3, 0.4) is 0 Å². The van der Waals surface area contributed by atoms with Gasteiger partial charge in [-0.1, -0.05) is 53.6 Å². The molecule has 0 aliphatic heterocycles. The number of hydrogen-bond acceptors (Lipinski definition) is 3. The molecule has 2 aromatic carbocycles. The summed E-state index contributed by atoms with van der Waals surface area (Å²) in [4.78, 5) is 26.4. The summed E-state index contributed by atoms with van der Waals surface area (Å²) in [6, 6.07) is 14.8. The fourth-order valence-corrected chi connectivity index (χ4v) is 2.03. The topological polar surface area (TPSA) is 103 Å². The molecule has 0 heterocycles. The van der Waals surface area contributed by atoms with E-state index >= 15 is 0 Å². The first kappa shape index (κ1) is 15.3. The number of aliphatic carboxylic acids is 1. The number of rotatable bonds is 5. The number of carboxylic acids is 1. The minimum absolute atomic E-state index is 0.226. The molecule has 0 amide bonds. The molecule has 6 nitrogen and oxygen atoms in total. The van der Waals surface area contributed by atoms with Crippen LogP contribution in [0.2, 0.25) is 0 Å². The van der Waals surface area contributed by atoms with Crippen molar-refractivity contribution >= 4 is 11.8 Å². The normalized spacial score (nSPS) is 12.8. The van der Waals surface area contributed by atoms with Crippen molar-refractivity contribution in [2.24, 2.45) is 5.11 Å². The van der Waals surface area contributed by atoms with Crippen LogP contribution in [0.1, 0.15) is 28.4 Å². The van der Waals surface area contributed by atoms with Crippen LogP contribution in [0.25, 0.3) is 10.4 Å². The minimum Gasteiger partial charge on any atom is -0.480 e. The van der Waals surface area contributed by atoms with E-state index in [1.165, 1.54) is 19.1 Å². The lowest BCUT2D eigenvalue weighted by Gasteiger charge is -2.19. The third-order valence-corrected chi connectivity index (χ3v) is 3.38. The van der Waals surface area contributed by atoms with Gasteiger partial charge in [-0.15, -0.1) is 0 Å². The summed E-state index contributed by atoms with van der Waals surface area (Å²) >= 11 is 0. The molecule has 1 N–H and O–H groups in total. The van der Waals surface area contributed by atoms with Gasteiger partial charge in [0.25, 0.3) is 0 Å². The second-order valence-electron chi connectivity index (χ2n) is 4.84. The Kier molecular flexibility index (Phi) is 4.25. The zero-order chi connectivity index (χ0) is 16.2. The number of carbonyl (C=O) groups is 2. The van der Waals surface area contributed by atoms with Gasteiger partial charge < -0.3 is 5.11 Å². The molecule has 2 aromatic rings. The van der Waals surface area contributed by atoms with Crippen LogP contribution in [-0.2, 0) is 10.3 Å². The van der Waals surface area contributed by atoms with Crippen LogP contribution < -0.4 is 0 Å². The summed E-state index contributed by atoms with van der Waals surface area (Å²) < 4.78 is 0. The van der Waals surface area contributed by atoms with E-state index in [2.05, 4.69) is 10.0 Å². The number of ketones is 1. The van der Waals surface area contributed by atoms with Crippen molar-refractivity contribution in [3.8, 4) is 0 Å². The molecule has 0 aliphatic rings. The van der Waals surface area contributed by atoms with Gasteiger partial charge in [-0.2, -0.15) is 0 Å². The van der Waals surface area contributed by atoms with Gasteiger partial charge in [0.05, 0.1) is 0 Å². The first-order valence-corrected chi connectivity index (χ1v) is 6.49. The van der Waals surface area contributed by atoms with Gasteiger partial charge >= 0.3 is 5.97 Å². The maximum atomic E-state index is 12.4. The van der Waals surface area contributed by atoms with Gasteiger partial charge in [-0.05, 0) is 24.1 Å². The van der Waals surface area contributed by atoms with E-state index in [0.29, 0.717) is 11.1 Å². The fourth-order valence-electron chi connectivity index (χ4n) is 2.03. The van der Waals surface area contributed by atoms with E-state index in [1.54, 1.807) is 42.5 Å². The predicted octanol–water partition coefficient (Wildman–Crippen LogP) is 3.53. The minimum atomic E-state index is -1.76. The van der Waals surface area contributed by atoms with Crippen LogP contribution in [0.5, 0.6) is 0 Å². The lowest BCUT2D eigenvalue weighted by atomic mass is 9.90. The maximum Gasteiger partial charge on any atom is 0.319 e. The fraction of sp³-hybridized carbons (Fsp3) is 0.125. The van der Waals surface area contributed by atoms with Gasteiger partial charge in [-0.25, -0.2) is 0 Å². The molecule has 0 bridgehead atoms. The van der Waals surface area contributed by atoms with Crippen molar-refractivity contribution in [2.75, 3.05) is 0 Å². The van der Waals surface area contributed by atoms with E-state index in [9.17, 15) is 14.7 Å². The van der Waals surface area contributed by atoms with Crippen LogP contribution in [-0.4, -0.2) is 16.9 Å². The molecule has 1 atom stereocenters. The van der Waals surface area contributed by atoms with Crippen molar-refractivity contribution in [2.45, 2.75) is 12.5 Å². The third kappa shape index (κ3) is 2.82. The number of hydrogen-bond donors (Lipinski definition) is 1. The monoisotopic (exact) mass is 295 g/mol. The molecule has 0 aliphatic carbocycles. The number of benzene rings is 2. The number of carbonyl (C=O) groups excluding carboxylic acids is 1. The van der Waals surface area contributed by atoms with Crippen molar-refractivity contribution in [1.29, 1.82) is 0 Å². The summed E-state index contributed by atoms with van der Waals surface area (Å²) in [6.07, 6.45) is 0. The van der Waals surface area contributed by atoms with Crippen molar-refractivity contribution in [1.82, 2.24) is 0 Å². The molecule has 1 unspecified atom stereocenters. The van der Waals surface area contributed by atoms with Gasteiger partial charge in [0.15, 0.2) is 11.3 Å². The Hall–Kier alpha value is -3.11. The van der Waals surface area contributed by atoms with E-state index in [4.69, 9.17) is 5.53 Å². The number of carboxylic acid groups (broad SMARTS) is 1. The molecule has 0 radical (unpaired) electrons. The zero-order valence-electron chi connectivity index (χ0n) is 11.8. The van der Waals surface area contributed by atoms with Crippen molar-refractivity contribution in [3.05, 3.63) is 81.7 Å². The second-order valence-corrected chi connectivity index (χ2v) is 4.84. The number of nitrogens with zero attached hydrogens (tertiary/aromatic N) is 3. The lowest BCUT2D eigenvalue weighted by molar-refractivity contribution is -0.142. The maximum absolute atomic E-state index is 12.4. The summed E-state index contributed by atoms with van der Waals surface area (Å²) in [5.41, 5.74) is 7.92. The lowest BCUT2D eigenvalue weighted by Crippen LogP contribution is -2.29. The summed E-state index contributed by atoms with van der Waals surface area (Å²) in [5, 5.41) is 12.7. The van der Waals surface area contributed by atoms with E-state index in [0.717, 1.165) is 0 Å². The van der Waals surface area contributed by atoms with Gasteiger partial charge in [0.2, 0.25) is 0 Å². The molecule has 0 aromatic heterocycles. The Morgan fingerprint density at radius 2 is 1.73 bits per heavy atom. The Morgan fingerprint density at radius 1 is 1.09 bits per heavy atom. The Balaban J connectivity index is 2.49.